The predicted molar refractivity (Wildman–Crippen MR) is 105 cm³/mol. The normalized spacial score (nSPS) is 12.5. The fourth-order valence-electron chi connectivity index (χ4n) is 3.19. The Hall–Kier alpha value is -3.12. The Bertz CT molecular complexity index is 1100. The van der Waals surface area contributed by atoms with Crippen LogP contribution in [0.5, 0.6) is 0 Å². The summed E-state index contributed by atoms with van der Waals surface area (Å²) in [5, 5.41) is 4.10. The number of rotatable bonds is 6. The van der Waals surface area contributed by atoms with Gasteiger partial charge in [-0.3, -0.25) is 4.79 Å². The molecule has 3 N–H and O–H groups in total. The van der Waals surface area contributed by atoms with Gasteiger partial charge < -0.3 is 20.0 Å². The molecule has 0 fully saturated rings. The van der Waals surface area contributed by atoms with E-state index in [1.165, 1.54) is 5.56 Å². The van der Waals surface area contributed by atoms with Crippen LogP contribution in [-0.2, 0) is 16.1 Å². The first-order valence-corrected chi connectivity index (χ1v) is 8.98. The maximum atomic E-state index is 12.2. The van der Waals surface area contributed by atoms with Gasteiger partial charge in [-0.15, -0.1) is 0 Å². The molecule has 0 spiro atoms. The van der Waals surface area contributed by atoms with Crippen LogP contribution < -0.4 is 5.32 Å². The van der Waals surface area contributed by atoms with Crippen molar-refractivity contribution >= 4 is 27.8 Å². The van der Waals surface area contributed by atoms with Crippen LogP contribution in [0.15, 0.2) is 48.7 Å². The third kappa shape index (κ3) is 3.85. The van der Waals surface area contributed by atoms with Gasteiger partial charge in [-0.1, -0.05) is 12.1 Å². The summed E-state index contributed by atoms with van der Waals surface area (Å²) in [6, 6.07) is 14.1. The molecule has 2 aromatic carbocycles. The van der Waals surface area contributed by atoms with E-state index < -0.39 is 0 Å². The van der Waals surface area contributed by atoms with E-state index in [1.54, 1.807) is 0 Å². The summed E-state index contributed by atoms with van der Waals surface area (Å²) in [6.07, 6.45) is 1.91. The Balaban J connectivity index is 1.30. The number of aromatic amines is 2. The molecule has 4 rings (SSSR count). The van der Waals surface area contributed by atoms with Gasteiger partial charge >= 0.3 is 0 Å². The lowest BCUT2D eigenvalue weighted by atomic mass is 10.1. The molecule has 0 aliphatic carbocycles. The minimum Gasteiger partial charge on any atom is -0.364 e. The molecule has 27 heavy (non-hydrogen) atoms. The largest absolute Gasteiger partial charge is 0.364 e. The molecule has 0 saturated carbocycles. The van der Waals surface area contributed by atoms with Crippen molar-refractivity contribution in [3.63, 3.8) is 0 Å². The third-order valence-corrected chi connectivity index (χ3v) is 4.61. The van der Waals surface area contributed by atoms with Crippen LogP contribution >= 0.6 is 0 Å². The Labute approximate surface area is 157 Å². The molecule has 2 heterocycles. The molecule has 4 aromatic rings. The molecule has 0 saturated heterocycles. The fourth-order valence-corrected chi connectivity index (χ4v) is 3.19. The number of hydrogen-bond acceptors (Lipinski definition) is 3. The van der Waals surface area contributed by atoms with E-state index in [2.05, 4.69) is 26.3 Å². The van der Waals surface area contributed by atoms with Crippen molar-refractivity contribution in [1.82, 2.24) is 20.3 Å². The van der Waals surface area contributed by atoms with E-state index in [0.717, 1.165) is 27.5 Å². The highest BCUT2D eigenvalue weighted by atomic mass is 16.5. The molecule has 0 radical (unpaired) electrons. The van der Waals surface area contributed by atoms with Crippen molar-refractivity contribution < 1.29 is 9.53 Å². The van der Waals surface area contributed by atoms with Crippen LogP contribution in [0.3, 0.4) is 0 Å². The number of imidazole rings is 1. The van der Waals surface area contributed by atoms with E-state index in [0.29, 0.717) is 5.82 Å². The van der Waals surface area contributed by atoms with E-state index in [4.69, 9.17) is 4.74 Å². The Morgan fingerprint density at radius 2 is 2.07 bits per heavy atom. The van der Waals surface area contributed by atoms with E-state index >= 15 is 0 Å². The highest BCUT2D eigenvalue weighted by molar-refractivity contribution is 5.81. The van der Waals surface area contributed by atoms with Crippen molar-refractivity contribution in [3.8, 4) is 0 Å². The fraction of sp³-hybridized carbons (Fsp3) is 0.238. The minimum absolute atomic E-state index is 0.00713. The van der Waals surface area contributed by atoms with Crippen LogP contribution in [0.2, 0.25) is 0 Å². The standard InChI is InChI=1S/C21H22N4O2/c1-13-3-5-18-19(9-13)25-20(24-18)11-27-12-21(26)23-14(2)15-4-6-17-16(10-15)7-8-22-17/h3-10,14,22H,11-12H2,1-2H3,(H,23,26)(H,24,25)/t14-/m0/s1. The van der Waals surface area contributed by atoms with Gasteiger partial charge in [-0.25, -0.2) is 4.98 Å². The predicted octanol–water partition coefficient (Wildman–Crippen LogP) is 3.75. The van der Waals surface area contributed by atoms with Gasteiger partial charge in [0.15, 0.2) is 0 Å². The van der Waals surface area contributed by atoms with Crippen molar-refractivity contribution in [2.45, 2.75) is 26.5 Å². The zero-order valence-electron chi connectivity index (χ0n) is 15.4. The number of nitrogens with zero attached hydrogens (tertiary/aromatic N) is 1. The molecule has 2 aromatic heterocycles. The summed E-state index contributed by atoms with van der Waals surface area (Å²) < 4.78 is 5.53. The number of benzene rings is 2. The second-order valence-corrected chi connectivity index (χ2v) is 6.81. The first kappa shape index (κ1) is 17.3. The zero-order chi connectivity index (χ0) is 18.8. The average molecular weight is 362 g/mol. The minimum atomic E-state index is -0.149. The van der Waals surface area contributed by atoms with Crippen molar-refractivity contribution in [2.75, 3.05) is 6.61 Å². The SMILES string of the molecule is Cc1ccc2nc(COCC(=O)N[C@@H](C)c3ccc4[nH]ccc4c3)[nH]c2c1. The van der Waals surface area contributed by atoms with Crippen LogP contribution in [-0.4, -0.2) is 27.5 Å². The zero-order valence-corrected chi connectivity index (χ0v) is 15.4. The Morgan fingerprint density at radius 3 is 2.96 bits per heavy atom. The summed E-state index contributed by atoms with van der Waals surface area (Å²) in [5.41, 5.74) is 5.19. The summed E-state index contributed by atoms with van der Waals surface area (Å²) in [4.78, 5) is 23.0. The second-order valence-electron chi connectivity index (χ2n) is 6.81. The van der Waals surface area contributed by atoms with Gasteiger partial charge in [0.1, 0.15) is 19.0 Å². The topological polar surface area (TPSA) is 82.8 Å². The van der Waals surface area contributed by atoms with Gasteiger partial charge in [0, 0.05) is 11.7 Å². The first-order valence-electron chi connectivity index (χ1n) is 8.98. The van der Waals surface area contributed by atoms with E-state index in [9.17, 15) is 4.79 Å². The first-order chi connectivity index (χ1) is 13.1. The number of hydrogen-bond donors (Lipinski definition) is 3. The van der Waals surface area contributed by atoms with Crippen molar-refractivity contribution in [1.29, 1.82) is 0 Å². The van der Waals surface area contributed by atoms with Gasteiger partial charge in [-0.2, -0.15) is 0 Å². The summed E-state index contributed by atoms with van der Waals surface area (Å²) >= 11 is 0. The number of nitrogens with one attached hydrogen (secondary N) is 3. The van der Waals surface area contributed by atoms with E-state index in [1.807, 2.05) is 56.4 Å². The third-order valence-electron chi connectivity index (χ3n) is 4.61. The number of amides is 1. The van der Waals surface area contributed by atoms with Gasteiger partial charge in [0.25, 0.3) is 0 Å². The number of carbonyl (C=O) groups is 1. The molecule has 6 heteroatoms. The second kappa shape index (κ2) is 7.25. The number of aromatic nitrogens is 3. The molecule has 6 nitrogen and oxygen atoms in total. The highest BCUT2D eigenvalue weighted by Gasteiger charge is 2.11. The lowest BCUT2D eigenvalue weighted by molar-refractivity contribution is -0.126. The summed E-state index contributed by atoms with van der Waals surface area (Å²) in [5.74, 6) is 0.568. The Kier molecular flexibility index (Phi) is 4.64. The number of ether oxygens (including phenoxy) is 1. The monoisotopic (exact) mass is 362 g/mol. The van der Waals surface area contributed by atoms with Crippen molar-refractivity contribution in [3.05, 3.63) is 65.6 Å². The van der Waals surface area contributed by atoms with Gasteiger partial charge in [0.2, 0.25) is 5.91 Å². The lowest BCUT2D eigenvalue weighted by Gasteiger charge is -2.14. The van der Waals surface area contributed by atoms with Crippen LogP contribution in [0.1, 0.15) is 29.9 Å². The number of fused-ring (bicyclic) bond motifs is 2. The van der Waals surface area contributed by atoms with Crippen LogP contribution in [0.25, 0.3) is 21.9 Å². The average Bonchev–Trinajstić information content (AvgIpc) is 3.26. The Morgan fingerprint density at radius 1 is 1.19 bits per heavy atom. The molecule has 138 valence electrons. The molecule has 0 aliphatic heterocycles. The maximum Gasteiger partial charge on any atom is 0.246 e. The molecule has 0 bridgehead atoms. The smallest absolute Gasteiger partial charge is 0.246 e. The number of H-pyrrole nitrogens is 2. The maximum absolute atomic E-state index is 12.2. The molecular formula is C21H22N4O2. The molecular weight excluding hydrogens is 340 g/mol. The van der Waals surface area contributed by atoms with Crippen LogP contribution in [0, 0.1) is 6.92 Å². The molecule has 1 atom stereocenters. The summed E-state index contributed by atoms with van der Waals surface area (Å²) in [6.45, 7) is 4.26. The molecule has 1 amide bonds. The van der Waals surface area contributed by atoms with E-state index in [-0.39, 0.29) is 25.2 Å². The van der Waals surface area contributed by atoms with Crippen molar-refractivity contribution in [2.24, 2.45) is 0 Å². The van der Waals surface area contributed by atoms with Gasteiger partial charge in [0.05, 0.1) is 17.1 Å². The summed E-state index contributed by atoms with van der Waals surface area (Å²) in [7, 11) is 0. The highest BCUT2D eigenvalue weighted by Crippen LogP contribution is 2.19. The van der Waals surface area contributed by atoms with Gasteiger partial charge in [-0.05, 0) is 60.7 Å². The quantitative estimate of drug-likeness (QED) is 0.488. The number of aryl methyl sites for hydroxylation is 1. The lowest BCUT2D eigenvalue weighted by Crippen LogP contribution is -2.30. The molecule has 0 unspecified atom stereocenters. The number of carbonyl (C=O) groups excluding carboxylic acids is 1. The molecule has 0 aliphatic rings. The van der Waals surface area contributed by atoms with Crippen LogP contribution in [0.4, 0.5) is 0 Å².